The van der Waals surface area contributed by atoms with Crippen molar-refractivity contribution in [1.29, 1.82) is 0 Å². The molecule has 0 fully saturated rings. The fraction of sp³-hybridized carbons (Fsp3) is 0.231. The molecule has 0 saturated carbocycles. The summed E-state index contributed by atoms with van der Waals surface area (Å²) in [6.07, 6.45) is 6.31. The van der Waals surface area contributed by atoms with Crippen molar-refractivity contribution in [1.82, 2.24) is 0 Å². The first-order valence-electron chi connectivity index (χ1n) is 4.57. The zero-order valence-electron chi connectivity index (χ0n) is 8.54. The third-order valence-corrected chi connectivity index (χ3v) is 1.80. The molecule has 0 amide bonds. The Morgan fingerprint density at radius 2 is 1.69 bits per heavy atom. The van der Waals surface area contributed by atoms with Crippen LogP contribution in [0.5, 0.6) is 0 Å². The Morgan fingerprint density at radius 1 is 1.08 bits per heavy atom. The van der Waals surface area contributed by atoms with E-state index in [2.05, 4.69) is 63.3 Å². The maximum Gasteiger partial charge on any atom is -0.0256 e. The van der Waals surface area contributed by atoms with Crippen LogP contribution in [0.25, 0.3) is 6.08 Å². The van der Waals surface area contributed by atoms with Gasteiger partial charge in [0.05, 0.1) is 0 Å². The van der Waals surface area contributed by atoms with E-state index in [1.807, 2.05) is 0 Å². The van der Waals surface area contributed by atoms with E-state index >= 15 is 0 Å². The third kappa shape index (κ3) is 3.75. The Morgan fingerprint density at radius 3 is 2.23 bits per heavy atom. The van der Waals surface area contributed by atoms with Crippen molar-refractivity contribution in [3.8, 4) is 0 Å². The summed E-state index contributed by atoms with van der Waals surface area (Å²) in [7, 11) is 0. The molecule has 0 bridgehead atoms. The van der Waals surface area contributed by atoms with Crippen molar-refractivity contribution in [2.24, 2.45) is 0 Å². The molecule has 0 unspecified atom stereocenters. The predicted molar refractivity (Wildman–Crippen MR) is 59.6 cm³/mol. The minimum Gasteiger partial charge on any atom is -0.0764 e. The lowest BCUT2D eigenvalue weighted by molar-refractivity contribution is 1.39. The number of allylic oxidation sites excluding steroid dienone is 3. The van der Waals surface area contributed by atoms with Gasteiger partial charge in [0, 0.05) is 0 Å². The lowest BCUT2D eigenvalue weighted by atomic mass is 10.1. The summed E-state index contributed by atoms with van der Waals surface area (Å²) in [6, 6.07) is 8.51. The molecule has 1 aromatic carbocycles. The summed E-state index contributed by atoms with van der Waals surface area (Å²) in [5.74, 6) is 0. The van der Waals surface area contributed by atoms with Crippen LogP contribution in [-0.4, -0.2) is 0 Å². The van der Waals surface area contributed by atoms with Crippen LogP contribution in [0.15, 0.2) is 42.0 Å². The van der Waals surface area contributed by atoms with E-state index < -0.39 is 0 Å². The zero-order chi connectivity index (χ0) is 9.68. The lowest BCUT2D eigenvalue weighted by Crippen LogP contribution is -1.72. The summed E-state index contributed by atoms with van der Waals surface area (Å²) in [5.41, 5.74) is 3.88. The molecule has 0 spiro atoms. The molecule has 1 rings (SSSR count). The topological polar surface area (TPSA) is 0 Å². The van der Waals surface area contributed by atoms with E-state index in [9.17, 15) is 0 Å². The highest BCUT2D eigenvalue weighted by Crippen LogP contribution is 2.05. The molecule has 0 aromatic heterocycles. The van der Waals surface area contributed by atoms with Crippen LogP contribution in [0.3, 0.4) is 0 Å². The van der Waals surface area contributed by atoms with Crippen molar-refractivity contribution in [2.75, 3.05) is 0 Å². The monoisotopic (exact) mass is 172 g/mol. The number of hydrogen-bond acceptors (Lipinski definition) is 0. The quantitative estimate of drug-likeness (QED) is 0.592. The van der Waals surface area contributed by atoms with Crippen LogP contribution in [0.1, 0.15) is 25.0 Å². The van der Waals surface area contributed by atoms with E-state index in [0.717, 1.165) is 0 Å². The minimum atomic E-state index is 1.25. The Labute approximate surface area is 80.6 Å². The number of hydrogen-bond donors (Lipinski definition) is 0. The van der Waals surface area contributed by atoms with Gasteiger partial charge in [0.15, 0.2) is 0 Å². The van der Waals surface area contributed by atoms with E-state index in [1.54, 1.807) is 0 Å². The first-order valence-corrected chi connectivity index (χ1v) is 4.57. The van der Waals surface area contributed by atoms with Crippen LogP contribution in [-0.2, 0) is 0 Å². The van der Waals surface area contributed by atoms with Crippen LogP contribution < -0.4 is 0 Å². The van der Waals surface area contributed by atoms with Crippen molar-refractivity contribution in [3.05, 3.63) is 53.1 Å². The summed E-state index contributed by atoms with van der Waals surface area (Å²) < 4.78 is 0. The first kappa shape index (κ1) is 9.79. The molecule has 0 heteroatoms. The molecular weight excluding hydrogens is 156 g/mol. The van der Waals surface area contributed by atoms with Gasteiger partial charge in [-0.2, -0.15) is 0 Å². The van der Waals surface area contributed by atoms with Crippen LogP contribution >= 0.6 is 0 Å². The molecule has 68 valence electrons. The second-order valence-corrected chi connectivity index (χ2v) is 3.51. The molecule has 0 aliphatic carbocycles. The van der Waals surface area contributed by atoms with Gasteiger partial charge in [-0.15, -0.1) is 0 Å². The van der Waals surface area contributed by atoms with Crippen molar-refractivity contribution in [3.63, 3.8) is 0 Å². The Bertz CT molecular complexity index is 308. The highest BCUT2D eigenvalue weighted by Gasteiger charge is 1.84. The van der Waals surface area contributed by atoms with Gasteiger partial charge in [0.25, 0.3) is 0 Å². The van der Waals surface area contributed by atoms with Crippen LogP contribution in [0.2, 0.25) is 0 Å². The average Bonchev–Trinajstić information content (AvgIpc) is 2.08. The molecule has 0 nitrogen and oxygen atoms in total. The molecule has 0 aliphatic rings. The summed E-state index contributed by atoms with van der Waals surface area (Å²) in [5, 5.41) is 0. The number of aryl methyl sites for hydroxylation is 1. The minimum absolute atomic E-state index is 1.25. The second-order valence-electron chi connectivity index (χ2n) is 3.51. The molecule has 1 aromatic rings. The van der Waals surface area contributed by atoms with E-state index in [1.165, 1.54) is 16.7 Å². The average molecular weight is 172 g/mol. The number of benzene rings is 1. The molecule has 0 heterocycles. The van der Waals surface area contributed by atoms with Gasteiger partial charge in [-0.1, -0.05) is 53.6 Å². The maximum absolute atomic E-state index is 2.13. The van der Waals surface area contributed by atoms with Gasteiger partial charge >= 0.3 is 0 Å². The van der Waals surface area contributed by atoms with Gasteiger partial charge in [-0.3, -0.25) is 0 Å². The van der Waals surface area contributed by atoms with Crippen molar-refractivity contribution >= 4 is 6.08 Å². The van der Waals surface area contributed by atoms with Gasteiger partial charge in [-0.25, -0.2) is 0 Å². The van der Waals surface area contributed by atoms with Gasteiger partial charge in [0.2, 0.25) is 0 Å². The van der Waals surface area contributed by atoms with Crippen LogP contribution in [0.4, 0.5) is 0 Å². The molecule has 0 atom stereocenters. The summed E-state index contributed by atoms with van der Waals surface area (Å²) in [6.45, 7) is 6.29. The Balaban J connectivity index is 2.70. The molecular formula is C13H16. The smallest absolute Gasteiger partial charge is 0.0256 e. The molecule has 0 N–H and O–H groups in total. The third-order valence-electron chi connectivity index (χ3n) is 1.80. The Hall–Kier alpha value is -1.30. The lowest BCUT2D eigenvalue weighted by Gasteiger charge is -1.93. The van der Waals surface area contributed by atoms with E-state index in [-0.39, 0.29) is 0 Å². The van der Waals surface area contributed by atoms with Gasteiger partial charge in [-0.05, 0) is 26.3 Å². The molecule has 0 radical (unpaired) electrons. The largest absolute Gasteiger partial charge is 0.0764 e. The highest BCUT2D eigenvalue weighted by molar-refractivity contribution is 5.51. The van der Waals surface area contributed by atoms with Crippen molar-refractivity contribution < 1.29 is 0 Å². The fourth-order valence-corrected chi connectivity index (χ4v) is 1.03. The van der Waals surface area contributed by atoms with E-state index in [4.69, 9.17) is 0 Å². The summed E-state index contributed by atoms with van der Waals surface area (Å²) >= 11 is 0. The van der Waals surface area contributed by atoms with Gasteiger partial charge in [0.1, 0.15) is 0 Å². The maximum atomic E-state index is 2.13. The summed E-state index contributed by atoms with van der Waals surface area (Å²) in [4.78, 5) is 0. The zero-order valence-corrected chi connectivity index (χ0v) is 8.54. The molecule has 13 heavy (non-hydrogen) atoms. The Kier molecular flexibility index (Phi) is 3.51. The predicted octanol–water partition coefficient (Wildman–Crippen LogP) is 3.97. The molecule has 0 aliphatic heterocycles. The van der Waals surface area contributed by atoms with Crippen LogP contribution in [0, 0.1) is 6.92 Å². The van der Waals surface area contributed by atoms with Crippen molar-refractivity contribution in [2.45, 2.75) is 20.8 Å². The SMILES string of the molecule is CC(C)=C/C=C/c1ccc(C)cc1. The van der Waals surface area contributed by atoms with E-state index in [0.29, 0.717) is 0 Å². The first-order chi connectivity index (χ1) is 6.18. The number of rotatable bonds is 2. The fourth-order valence-electron chi connectivity index (χ4n) is 1.03. The standard InChI is InChI=1S/C13H16/c1-11(2)5-4-6-13-9-7-12(3)8-10-13/h4-10H,1-3H3/b6-4+. The van der Waals surface area contributed by atoms with Gasteiger partial charge < -0.3 is 0 Å². The molecule has 0 saturated heterocycles. The normalized spacial score (nSPS) is 10.4. The highest BCUT2D eigenvalue weighted by atomic mass is 13.9. The second kappa shape index (κ2) is 4.66.